The highest BCUT2D eigenvalue weighted by atomic mass is 35.5. The molecule has 2 N–H and O–H groups in total. The molecular weight excluding hydrogens is 416 g/mol. The lowest BCUT2D eigenvalue weighted by Crippen LogP contribution is -2.09. The van der Waals surface area contributed by atoms with E-state index in [-0.39, 0.29) is 6.61 Å². The Hall–Kier alpha value is -3.23. The molecule has 0 aliphatic rings. The van der Waals surface area contributed by atoms with Crippen LogP contribution in [0.15, 0.2) is 48.5 Å². The summed E-state index contributed by atoms with van der Waals surface area (Å²) < 4.78 is 2.00. The minimum absolute atomic E-state index is 0.151. The van der Waals surface area contributed by atoms with Gasteiger partial charge in [-0.3, -0.25) is 0 Å². The van der Waals surface area contributed by atoms with Crippen LogP contribution in [-0.2, 0) is 19.6 Å². The van der Waals surface area contributed by atoms with E-state index >= 15 is 0 Å². The summed E-state index contributed by atoms with van der Waals surface area (Å²) in [6.07, 6.45) is 2.90. The van der Waals surface area contributed by atoms with Crippen LogP contribution in [0.4, 0.5) is 0 Å². The van der Waals surface area contributed by atoms with Crippen LogP contribution in [0.25, 0.3) is 22.5 Å². The van der Waals surface area contributed by atoms with Crippen molar-refractivity contribution in [3.05, 3.63) is 70.8 Å². The van der Waals surface area contributed by atoms with Crippen LogP contribution in [0.3, 0.4) is 0 Å². The standard InChI is InChI=1S/C22H23ClN6O2/c1-2-3-8-20-24-21(23)19(14-30)28(20)13-15-9-11-16(12-10-15)17-6-4-5-7-18(17)22-25-27-29(31)26-22/h4-7,9-12,30-31H,2-3,8,13-14H2,1H3. The van der Waals surface area contributed by atoms with Crippen LogP contribution in [0.5, 0.6) is 0 Å². The first-order valence-electron chi connectivity index (χ1n) is 10.1. The summed E-state index contributed by atoms with van der Waals surface area (Å²) in [7, 11) is 0. The Kier molecular flexibility index (Phi) is 6.29. The number of aryl methyl sites for hydroxylation is 1. The summed E-state index contributed by atoms with van der Waals surface area (Å²) in [5, 5.41) is 30.8. The first kappa shape index (κ1) is 21.0. The van der Waals surface area contributed by atoms with Crippen LogP contribution >= 0.6 is 11.6 Å². The molecule has 2 aromatic heterocycles. The number of benzene rings is 2. The maximum Gasteiger partial charge on any atom is 0.209 e. The number of tetrazole rings is 1. The van der Waals surface area contributed by atoms with Gasteiger partial charge in [-0.25, -0.2) is 4.98 Å². The normalized spacial score (nSPS) is 11.2. The van der Waals surface area contributed by atoms with E-state index < -0.39 is 0 Å². The minimum atomic E-state index is -0.151. The molecule has 0 unspecified atom stereocenters. The summed E-state index contributed by atoms with van der Waals surface area (Å²) in [5.74, 6) is 1.24. The molecule has 0 fully saturated rings. The predicted molar refractivity (Wildman–Crippen MR) is 117 cm³/mol. The third-order valence-electron chi connectivity index (χ3n) is 5.18. The topological polar surface area (TPSA) is 102 Å². The van der Waals surface area contributed by atoms with Gasteiger partial charge in [-0.2, -0.15) is 0 Å². The lowest BCUT2D eigenvalue weighted by atomic mass is 9.98. The van der Waals surface area contributed by atoms with Gasteiger partial charge in [-0.1, -0.05) is 78.6 Å². The number of nitrogens with zero attached hydrogens (tertiary/aromatic N) is 6. The van der Waals surface area contributed by atoms with Gasteiger partial charge in [-0.15, -0.1) is 5.10 Å². The number of hydrogen-bond acceptors (Lipinski definition) is 6. The zero-order valence-electron chi connectivity index (χ0n) is 17.1. The first-order chi connectivity index (χ1) is 15.1. The molecule has 0 aliphatic carbocycles. The van der Waals surface area contributed by atoms with E-state index in [1.54, 1.807) is 0 Å². The molecule has 0 saturated carbocycles. The summed E-state index contributed by atoms with van der Waals surface area (Å²) in [6, 6.07) is 15.8. The van der Waals surface area contributed by atoms with Gasteiger partial charge in [0.1, 0.15) is 5.82 Å². The molecule has 0 atom stereocenters. The Bertz CT molecular complexity index is 1170. The van der Waals surface area contributed by atoms with E-state index in [9.17, 15) is 10.3 Å². The van der Waals surface area contributed by atoms with Gasteiger partial charge in [0.05, 0.1) is 12.3 Å². The number of imidazole rings is 1. The minimum Gasteiger partial charge on any atom is -0.395 e. The Balaban J connectivity index is 1.62. The smallest absolute Gasteiger partial charge is 0.209 e. The van der Waals surface area contributed by atoms with Gasteiger partial charge in [0.15, 0.2) is 5.15 Å². The van der Waals surface area contributed by atoms with Crippen molar-refractivity contribution in [3.8, 4) is 22.5 Å². The summed E-state index contributed by atoms with van der Waals surface area (Å²) in [5.41, 5.74) is 4.42. The molecule has 0 saturated heterocycles. The molecule has 9 heteroatoms. The van der Waals surface area contributed by atoms with Crippen LogP contribution in [-0.4, -0.2) is 40.2 Å². The number of unbranched alkanes of at least 4 members (excludes halogenated alkanes) is 1. The second kappa shape index (κ2) is 9.28. The van der Waals surface area contributed by atoms with Crippen molar-refractivity contribution in [1.82, 2.24) is 29.9 Å². The zero-order chi connectivity index (χ0) is 21.8. The first-order valence-corrected chi connectivity index (χ1v) is 10.5. The van der Waals surface area contributed by atoms with Gasteiger partial charge >= 0.3 is 0 Å². The molecule has 0 radical (unpaired) electrons. The van der Waals surface area contributed by atoms with Gasteiger partial charge < -0.3 is 14.9 Å². The monoisotopic (exact) mass is 438 g/mol. The second-order valence-corrected chi connectivity index (χ2v) is 7.60. The highest BCUT2D eigenvalue weighted by molar-refractivity contribution is 6.30. The van der Waals surface area contributed by atoms with E-state index in [2.05, 4.69) is 27.3 Å². The summed E-state index contributed by atoms with van der Waals surface area (Å²) >= 11 is 6.25. The third-order valence-corrected chi connectivity index (χ3v) is 5.49. The van der Waals surface area contributed by atoms with Crippen molar-refractivity contribution in [1.29, 1.82) is 0 Å². The fourth-order valence-electron chi connectivity index (χ4n) is 3.59. The van der Waals surface area contributed by atoms with Crippen molar-refractivity contribution in [2.24, 2.45) is 0 Å². The Labute approximate surface area is 184 Å². The lowest BCUT2D eigenvalue weighted by Gasteiger charge is -2.12. The number of rotatable bonds is 8. The Morgan fingerprint density at radius 1 is 1.03 bits per heavy atom. The number of halogens is 1. The number of aliphatic hydroxyl groups is 1. The fraction of sp³-hybridized carbons (Fsp3) is 0.273. The number of hydrogen-bond donors (Lipinski definition) is 2. The van der Waals surface area contributed by atoms with Crippen molar-refractivity contribution < 1.29 is 10.3 Å². The van der Waals surface area contributed by atoms with Crippen LogP contribution < -0.4 is 0 Å². The molecule has 0 bridgehead atoms. The molecule has 2 aromatic carbocycles. The van der Waals surface area contributed by atoms with Crippen molar-refractivity contribution >= 4 is 11.6 Å². The van der Waals surface area contributed by atoms with Crippen molar-refractivity contribution in [2.45, 2.75) is 39.3 Å². The fourth-order valence-corrected chi connectivity index (χ4v) is 3.84. The highest BCUT2D eigenvalue weighted by Gasteiger charge is 2.16. The predicted octanol–water partition coefficient (Wildman–Crippen LogP) is 3.98. The van der Waals surface area contributed by atoms with Crippen LogP contribution in [0.2, 0.25) is 5.15 Å². The molecule has 4 aromatic rings. The molecule has 0 amide bonds. The van der Waals surface area contributed by atoms with E-state index in [0.29, 0.717) is 28.2 Å². The summed E-state index contributed by atoms with van der Waals surface area (Å²) in [4.78, 5) is 4.91. The highest BCUT2D eigenvalue weighted by Crippen LogP contribution is 2.30. The molecule has 0 spiro atoms. The van der Waals surface area contributed by atoms with Gasteiger partial charge in [-0.05, 0) is 28.3 Å². The molecule has 2 heterocycles. The lowest BCUT2D eigenvalue weighted by molar-refractivity contribution is 0.107. The number of aliphatic hydroxyl groups excluding tert-OH is 1. The Morgan fingerprint density at radius 3 is 2.42 bits per heavy atom. The molecule has 8 nitrogen and oxygen atoms in total. The van der Waals surface area contributed by atoms with Gasteiger partial charge in [0.25, 0.3) is 0 Å². The average Bonchev–Trinajstić information content (AvgIpc) is 3.35. The molecule has 31 heavy (non-hydrogen) atoms. The summed E-state index contributed by atoms with van der Waals surface area (Å²) in [6.45, 7) is 2.56. The molecule has 0 aliphatic heterocycles. The van der Waals surface area contributed by atoms with Gasteiger partial charge in [0, 0.05) is 23.5 Å². The van der Waals surface area contributed by atoms with E-state index in [1.165, 1.54) is 0 Å². The van der Waals surface area contributed by atoms with Gasteiger partial charge in [0.2, 0.25) is 5.82 Å². The van der Waals surface area contributed by atoms with E-state index in [0.717, 1.165) is 47.3 Å². The van der Waals surface area contributed by atoms with Crippen molar-refractivity contribution in [3.63, 3.8) is 0 Å². The third kappa shape index (κ3) is 4.45. The largest absolute Gasteiger partial charge is 0.395 e. The van der Waals surface area contributed by atoms with E-state index in [1.807, 2.05) is 53.1 Å². The second-order valence-electron chi connectivity index (χ2n) is 7.24. The maximum absolute atomic E-state index is 9.77. The quantitative estimate of drug-likeness (QED) is 0.403. The average molecular weight is 439 g/mol. The van der Waals surface area contributed by atoms with E-state index in [4.69, 9.17) is 11.6 Å². The van der Waals surface area contributed by atoms with Crippen LogP contribution in [0.1, 0.15) is 36.8 Å². The molecule has 160 valence electrons. The van der Waals surface area contributed by atoms with Crippen LogP contribution in [0, 0.1) is 0 Å². The van der Waals surface area contributed by atoms with Crippen molar-refractivity contribution in [2.75, 3.05) is 0 Å². The molecule has 4 rings (SSSR count). The Morgan fingerprint density at radius 2 is 1.77 bits per heavy atom. The number of aromatic nitrogens is 6. The SMILES string of the molecule is CCCCc1nc(Cl)c(CO)n1Cc1ccc(-c2ccccc2-c2nnn(O)n2)cc1. The maximum atomic E-state index is 9.77. The zero-order valence-corrected chi connectivity index (χ0v) is 17.9. The molecular formula is C22H23ClN6O2.